The number of benzene rings is 2. The SMILES string of the molecule is CC.CCOC.NC/C(N)=C(/NCc1ccc(NC=O)cc1)c1ccccc1N. The minimum Gasteiger partial charge on any atom is -0.399 e. The first-order valence-electron chi connectivity index (χ1n) is 9.62. The lowest BCUT2D eigenvalue weighted by Crippen LogP contribution is -2.22. The van der Waals surface area contributed by atoms with Gasteiger partial charge in [-0.3, -0.25) is 4.79 Å². The second-order valence-electron chi connectivity index (χ2n) is 5.58. The van der Waals surface area contributed by atoms with Gasteiger partial charge in [0.2, 0.25) is 6.41 Å². The number of methoxy groups -OCH3 is 1. The van der Waals surface area contributed by atoms with E-state index in [-0.39, 0.29) is 6.54 Å². The molecule has 1 amide bonds. The highest BCUT2D eigenvalue weighted by molar-refractivity contribution is 5.75. The van der Waals surface area contributed by atoms with Crippen LogP contribution in [0, 0.1) is 0 Å². The summed E-state index contributed by atoms with van der Waals surface area (Å²) in [5.74, 6) is 0. The molecule has 0 spiro atoms. The van der Waals surface area contributed by atoms with Crippen molar-refractivity contribution in [3.8, 4) is 0 Å². The van der Waals surface area contributed by atoms with Gasteiger partial charge in [0.15, 0.2) is 0 Å². The van der Waals surface area contributed by atoms with E-state index in [1.165, 1.54) is 0 Å². The van der Waals surface area contributed by atoms with Gasteiger partial charge in [-0.2, -0.15) is 0 Å². The average Bonchev–Trinajstić information content (AvgIpc) is 2.77. The molecule has 0 atom stereocenters. The van der Waals surface area contributed by atoms with Gasteiger partial charge in [0.25, 0.3) is 0 Å². The third-order valence-electron chi connectivity index (χ3n) is 3.71. The molecule has 2 aromatic carbocycles. The normalized spacial score (nSPS) is 10.4. The van der Waals surface area contributed by atoms with Gasteiger partial charge >= 0.3 is 0 Å². The Morgan fingerprint density at radius 1 is 1.10 bits per heavy atom. The smallest absolute Gasteiger partial charge is 0.211 e. The van der Waals surface area contributed by atoms with E-state index in [0.717, 1.165) is 29.1 Å². The molecule has 0 aliphatic heterocycles. The van der Waals surface area contributed by atoms with Crippen LogP contribution in [0.25, 0.3) is 5.70 Å². The van der Waals surface area contributed by atoms with Crippen molar-refractivity contribution >= 4 is 23.5 Å². The Labute approximate surface area is 174 Å². The van der Waals surface area contributed by atoms with Gasteiger partial charge in [-0.25, -0.2) is 0 Å². The number of carbonyl (C=O) groups is 1. The molecule has 0 aromatic heterocycles. The number of nitrogens with one attached hydrogen (secondary N) is 2. The number of hydrogen-bond acceptors (Lipinski definition) is 6. The molecule has 0 aliphatic carbocycles. The standard InChI is InChI=1S/C17H21N5O.C3H8O.C2H6/c18-9-16(20)17(14-3-1-2-4-15(14)19)21-10-12-5-7-13(8-6-12)22-11-23;1-3-4-2;1-2/h1-8,11,21H,9-10,18-20H2,(H,22,23);3H2,1-2H3;1-2H3/b17-16-;;. The summed E-state index contributed by atoms with van der Waals surface area (Å²) in [5, 5.41) is 5.90. The molecule has 0 fully saturated rings. The summed E-state index contributed by atoms with van der Waals surface area (Å²) in [6.45, 7) is 7.57. The second kappa shape index (κ2) is 16.0. The molecule has 0 bridgehead atoms. The largest absolute Gasteiger partial charge is 0.399 e. The van der Waals surface area contributed by atoms with Crippen molar-refractivity contribution in [2.75, 3.05) is 31.3 Å². The summed E-state index contributed by atoms with van der Waals surface area (Å²) in [5.41, 5.74) is 22.3. The van der Waals surface area contributed by atoms with Crippen LogP contribution in [-0.2, 0) is 16.1 Å². The van der Waals surface area contributed by atoms with E-state index < -0.39 is 0 Å². The zero-order valence-electron chi connectivity index (χ0n) is 17.9. The zero-order valence-corrected chi connectivity index (χ0v) is 17.9. The number of carbonyl (C=O) groups excluding carboxylic acids is 1. The Kier molecular flexibility index (Phi) is 14.3. The van der Waals surface area contributed by atoms with Crippen molar-refractivity contribution in [1.29, 1.82) is 0 Å². The van der Waals surface area contributed by atoms with Crippen LogP contribution in [0.15, 0.2) is 54.2 Å². The third kappa shape index (κ3) is 9.64. The first kappa shape index (κ1) is 26.0. The Morgan fingerprint density at radius 2 is 1.69 bits per heavy atom. The number of nitrogen functional groups attached to an aromatic ring is 1. The van der Waals surface area contributed by atoms with Crippen LogP contribution in [0.4, 0.5) is 11.4 Å². The fourth-order valence-electron chi connectivity index (χ4n) is 2.19. The number of para-hydroxylation sites is 1. The van der Waals surface area contributed by atoms with E-state index in [4.69, 9.17) is 17.2 Å². The molecule has 0 radical (unpaired) electrons. The molecular weight excluding hydrogens is 366 g/mol. The monoisotopic (exact) mass is 401 g/mol. The van der Waals surface area contributed by atoms with Crippen molar-refractivity contribution in [1.82, 2.24) is 5.32 Å². The topological polar surface area (TPSA) is 128 Å². The molecule has 0 aliphatic rings. The van der Waals surface area contributed by atoms with Crippen LogP contribution in [0.5, 0.6) is 0 Å². The minimum atomic E-state index is 0.235. The van der Waals surface area contributed by atoms with E-state index in [2.05, 4.69) is 15.4 Å². The number of nitrogens with two attached hydrogens (primary N) is 3. The van der Waals surface area contributed by atoms with Gasteiger partial charge in [0.05, 0.1) is 5.70 Å². The van der Waals surface area contributed by atoms with E-state index in [0.29, 0.717) is 24.3 Å². The second-order valence-corrected chi connectivity index (χ2v) is 5.58. The highest BCUT2D eigenvalue weighted by atomic mass is 16.5. The Hall–Kier alpha value is -3.03. The predicted octanol–water partition coefficient (Wildman–Crippen LogP) is 2.89. The molecule has 0 saturated heterocycles. The van der Waals surface area contributed by atoms with Gasteiger partial charge < -0.3 is 32.6 Å². The van der Waals surface area contributed by atoms with Gasteiger partial charge in [-0.1, -0.05) is 44.2 Å². The van der Waals surface area contributed by atoms with Gasteiger partial charge in [-0.05, 0) is 30.7 Å². The summed E-state index contributed by atoms with van der Waals surface area (Å²) in [6.07, 6.45) is 0.647. The first-order chi connectivity index (χ1) is 14.1. The van der Waals surface area contributed by atoms with Crippen LogP contribution in [0.1, 0.15) is 31.9 Å². The third-order valence-corrected chi connectivity index (χ3v) is 3.71. The number of amides is 1. The van der Waals surface area contributed by atoms with Crippen molar-refractivity contribution in [2.45, 2.75) is 27.3 Å². The van der Waals surface area contributed by atoms with Gasteiger partial charge in [0, 0.05) is 49.4 Å². The minimum absolute atomic E-state index is 0.235. The number of rotatable bonds is 8. The van der Waals surface area contributed by atoms with Crippen LogP contribution in [0.3, 0.4) is 0 Å². The van der Waals surface area contributed by atoms with E-state index in [1.54, 1.807) is 7.11 Å². The molecule has 0 saturated carbocycles. The molecule has 0 unspecified atom stereocenters. The molecule has 7 nitrogen and oxygen atoms in total. The fourth-order valence-corrected chi connectivity index (χ4v) is 2.19. The zero-order chi connectivity index (χ0) is 22.1. The predicted molar refractivity (Wildman–Crippen MR) is 123 cm³/mol. The Balaban J connectivity index is 0.00000116. The average molecular weight is 402 g/mol. The van der Waals surface area contributed by atoms with E-state index in [1.807, 2.05) is 69.3 Å². The molecular formula is C22H35N5O2. The molecule has 29 heavy (non-hydrogen) atoms. The molecule has 2 aromatic rings. The summed E-state index contributed by atoms with van der Waals surface area (Å²) < 4.78 is 4.54. The summed E-state index contributed by atoms with van der Waals surface area (Å²) in [7, 11) is 1.68. The maximum absolute atomic E-state index is 10.4. The maximum atomic E-state index is 10.4. The molecule has 0 heterocycles. The summed E-state index contributed by atoms with van der Waals surface area (Å²) >= 11 is 0. The Bertz CT molecular complexity index is 728. The maximum Gasteiger partial charge on any atom is 0.211 e. The van der Waals surface area contributed by atoms with E-state index in [9.17, 15) is 4.79 Å². The molecule has 2 rings (SSSR count). The summed E-state index contributed by atoms with van der Waals surface area (Å²) in [6, 6.07) is 15.0. The van der Waals surface area contributed by atoms with Crippen molar-refractivity contribution < 1.29 is 9.53 Å². The molecule has 160 valence electrons. The lowest BCUT2D eigenvalue weighted by Gasteiger charge is -2.16. The van der Waals surface area contributed by atoms with Gasteiger partial charge in [-0.15, -0.1) is 0 Å². The fraction of sp³-hybridized carbons (Fsp3) is 0.318. The van der Waals surface area contributed by atoms with Crippen LogP contribution in [0.2, 0.25) is 0 Å². The van der Waals surface area contributed by atoms with E-state index >= 15 is 0 Å². The number of ether oxygens (including phenoxy) is 1. The highest BCUT2D eigenvalue weighted by Crippen LogP contribution is 2.21. The van der Waals surface area contributed by atoms with Crippen molar-refractivity contribution in [2.24, 2.45) is 11.5 Å². The summed E-state index contributed by atoms with van der Waals surface area (Å²) in [4.78, 5) is 10.4. The number of anilines is 2. The van der Waals surface area contributed by atoms with Gasteiger partial charge in [0.1, 0.15) is 0 Å². The van der Waals surface area contributed by atoms with Crippen LogP contribution >= 0.6 is 0 Å². The van der Waals surface area contributed by atoms with Crippen molar-refractivity contribution in [3.63, 3.8) is 0 Å². The highest BCUT2D eigenvalue weighted by Gasteiger charge is 2.09. The van der Waals surface area contributed by atoms with Crippen LogP contribution < -0.4 is 27.8 Å². The van der Waals surface area contributed by atoms with Crippen LogP contribution in [-0.4, -0.2) is 26.7 Å². The first-order valence-corrected chi connectivity index (χ1v) is 9.62. The Morgan fingerprint density at radius 3 is 2.17 bits per heavy atom. The molecule has 8 N–H and O–H groups in total. The lowest BCUT2D eigenvalue weighted by molar-refractivity contribution is -0.105. The number of hydrogen-bond donors (Lipinski definition) is 5. The van der Waals surface area contributed by atoms with Crippen molar-refractivity contribution in [3.05, 3.63) is 65.4 Å². The molecule has 7 heteroatoms. The quantitative estimate of drug-likeness (QED) is 0.342. The lowest BCUT2D eigenvalue weighted by atomic mass is 10.1.